The van der Waals surface area contributed by atoms with Gasteiger partial charge in [0.25, 0.3) is 15.9 Å². The molecule has 0 bridgehead atoms. The van der Waals surface area contributed by atoms with Gasteiger partial charge in [0.05, 0.1) is 27.3 Å². The van der Waals surface area contributed by atoms with Crippen LogP contribution in [0.15, 0.2) is 53.4 Å². The van der Waals surface area contributed by atoms with Crippen LogP contribution in [-0.2, 0) is 14.8 Å². The monoisotopic (exact) mass is 422 g/mol. The van der Waals surface area contributed by atoms with Gasteiger partial charge in [0, 0.05) is 27.2 Å². The van der Waals surface area contributed by atoms with Crippen molar-refractivity contribution in [1.29, 1.82) is 0 Å². The number of sulfonamides is 1. The predicted molar refractivity (Wildman–Crippen MR) is 109 cm³/mol. The van der Waals surface area contributed by atoms with Gasteiger partial charge in [-0.05, 0) is 43.2 Å². The Morgan fingerprint density at radius 1 is 1.14 bits per heavy atom. The number of likely N-dealkylation sites (tertiary alicyclic amines) is 1. The van der Waals surface area contributed by atoms with Crippen molar-refractivity contribution < 1.29 is 17.9 Å². The third-order valence-electron chi connectivity index (χ3n) is 5.01. The number of rotatable bonds is 5. The minimum atomic E-state index is -3.82. The summed E-state index contributed by atoms with van der Waals surface area (Å²) in [6.45, 7) is 1.10. The summed E-state index contributed by atoms with van der Waals surface area (Å²) < 4.78 is 32.6. The number of para-hydroxylation sites is 1. The highest BCUT2D eigenvalue weighted by atomic mass is 35.5. The molecule has 0 N–H and O–H groups in total. The number of amides is 1. The van der Waals surface area contributed by atoms with Gasteiger partial charge in [-0.1, -0.05) is 29.8 Å². The van der Waals surface area contributed by atoms with E-state index in [1.54, 1.807) is 36.3 Å². The Kier molecular flexibility index (Phi) is 6.27. The second-order valence-corrected chi connectivity index (χ2v) is 9.05. The molecule has 1 heterocycles. The van der Waals surface area contributed by atoms with E-state index in [0.717, 1.165) is 12.8 Å². The normalized spacial score (nSPS) is 15.5. The molecule has 2 aromatic carbocycles. The highest BCUT2D eigenvalue weighted by Crippen LogP contribution is 2.27. The molecule has 1 aliphatic heterocycles. The highest BCUT2D eigenvalue weighted by molar-refractivity contribution is 7.92. The number of carbonyl (C=O) groups is 1. The smallest absolute Gasteiger partial charge is 0.264 e. The Morgan fingerprint density at radius 3 is 2.39 bits per heavy atom. The molecule has 6 nitrogen and oxygen atoms in total. The van der Waals surface area contributed by atoms with E-state index >= 15 is 0 Å². The summed E-state index contributed by atoms with van der Waals surface area (Å²) in [7, 11) is -0.679. The number of anilines is 1. The number of piperidine rings is 1. The summed E-state index contributed by atoms with van der Waals surface area (Å²) in [4.78, 5) is 14.6. The van der Waals surface area contributed by atoms with E-state index in [1.807, 2.05) is 6.07 Å². The van der Waals surface area contributed by atoms with Crippen LogP contribution in [0.5, 0.6) is 0 Å². The van der Waals surface area contributed by atoms with Gasteiger partial charge in [0.1, 0.15) is 0 Å². The SMILES string of the molecule is COC1CCN(C(=O)c2cc(S(=O)(=O)N(C)c3ccccc3)ccc2Cl)CC1. The lowest BCUT2D eigenvalue weighted by Crippen LogP contribution is -2.40. The van der Waals surface area contributed by atoms with Gasteiger partial charge in [-0.2, -0.15) is 0 Å². The molecule has 1 amide bonds. The Balaban J connectivity index is 1.88. The first-order valence-corrected chi connectivity index (χ1v) is 10.8. The van der Waals surface area contributed by atoms with Crippen molar-refractivity contribution in [3.63, 3.8) is 0 Å². The second-order valence-electron chi connectivity index (χ2n) is 6.68. The maximum atomic E-state index is 13.0. The van der Waals surface area contributed by atoms with Gasteiger partial charge in [-0.15, -0.1) is 0 Å². The zero-order chi connectivity index (χ0) is 20.3. The maximum Gasteiger partial charge on any atom is 0.264 e. The van der Waals surface area contributed by atoms with Crippen LogP contribution >= 0.6 is 11.6 Å². The first kappa shape index (κ1) is 20.6. The predicted octanol–water partition coefficient (Wildman–Crippen LogP) is 3.42. The van der Waals surface area contributed by atoms with Gasteiger partial charge in [0.2, 0.25) is 0 Å². The van der Waals surface area contributed by atoms with Gasteiger partial charge in [-0.3, -0.25) is 9.10 Å². The molecule has 1 saturated heterocycles. The first-order valence-electron chi connectivity index (χ1n) is 9.00. The minimum absolute atomic E-state index is 0.0263. The Labute approximate surface area is 170 Å². The molecule has 0 aromatic heterocycles. The standard InChI is InChI=1S/C20H23ClN2O4S/c1-22(15-6-4-3-5-7-15)28(25,26)17-8-9-19(21)18(14-17)20(24)23-12-10-16(27-2)11-13-23/h3-9,14,16H,10-13H2,1-2H3. The number of benzene rings is 2. The molecule has 0 saturated carbocycles. The number of hydrogen-bond donors (Lipinski definition) is 0. The van der Waals surface area contributed by atoms with Crippen LogP contribution in [0.2, 0.25) is 5.02 Å². The fourth-order valence-corrected chi connectivity index (χ4v) is 4.65. The lowest BCUT2D eigenvalue weighted by Gasteiger charge is -2.31. The van der Waals surface area contributed by atoms with E-state index in [0.29, 0.717) is 18.8 Å². The minimum Gasteiger partial charge on any atom is -0.381 e. The molecule has 0 radical (unpaired) electrons. The molecule has 150 valence electrons. The fraction of sp³-hybridized carbons (Fsp3) is 0.350. The molecule has 0 atom stereocenters. The third kappa shape index (κ3) is 4.16. The van der Waals surface area contributed by atoms with Crippen LogP contribution in [0, 0.1) is 0 Å². The van der Waals surface area contributed by atoms with Crippen molar-refractivity contribution in [2.75, 3.05) is 31.6 Å². The highest BCUT2D eigenvalue weighted by Gasteiger charge is 2.27. The lowest BCUT2D eigenvalue weighted by molar-refractivity contribution is 0.0351. The second kappa shape index (κ2) is 8.51. The molecule has 1 fully saturated rings. The average Bonchev–Trinajstić information content (AvgIpc) is 2.73. The first-order chi connectivity index (χ1) is 13.3. The number of carbonyl (C=O) groups excluding carboxylic acids is 1. The van der Waals surface area contributed by atoms with Crippen molar-refractivity contribution in [2.45, 2.75) is 23.8 Å². The Morgan fingerprint density at radius 2 is 1.79 bits per heavy atom. The quantitative estimate of drug-likeness (QED) is 0.740. The van der Waals surface area contributed by atoms with Crippen molar-refractivity contribution in [3.05, 3.63) is 59.1 Å². The number of hydrogen-bond acceptors (Lipinski definition) is 4. The van der Waals surface area contributed by atoms with Gasteiger partial charge >= 0.3 is 0 Å². The lowest BCUT2D eigenvalue weighted by atomic mass is 10.1. The van der Waals surface area contributed by atoms with Crippen LogP contribution in [0.3, 0.4) is 0 Å². The zero-order valence-corrected chi connectivity index (χ0v) is 17.4. The summed E-state index contributed by atoms with van der Waals surface area (Å²) in [5.41, 5.74) is 0.729. The molecule has 28 heavy (non-hydrogen) atoms. The van der Waals surface area contributed by atoms with E-state index in [9.17, 15) is 13.2 Å². The van der Waals surface area contributed by atoms with Crippen LogP contribution in [0.4, 0.5) is 5.69 Å². The van der Waals surface area contributed by atoms with E-state index in [-0.39, 0.29) is 27.5 Å². The maximum absolute atomic E-state index is 13.0. The zero-order valence-electron chi connectivity index (χ0n) is 15.8. The number of halogens is 1. The Bertz CT molecular complexity index is 942. The van der Waals surface area contributed by atoms with Crippen LogP contribution < -0.4 is 4.31 Å². The van der Waals surface area contributed by atoms with E-state index < -0.39 is 10.0 Å². The van der Waals surface area contributed by atoms with E-state index in [1.165, 1.54) is 29.6 Å². The molecule has 3 rings (SSSR count). The number of ether oxygens (including phenoxy) is 1. The number of nitrogens with zero attached hydrogens (tertiary/aromatic N) is 2. The van der Waals surface area contributed by atoms with E-state index in [2.05, 4.69) is 0 Å². The largest absolute Gasteiger partial charge is 0.381 e. The molecular formula is C20H23ClN2O4S. The molecule has 1 aliphatic rings. The molecular weight excluding hydrogens is 400 g/mol. The molecule has 0 unspecified atom stereocenters. The summed E-state index contributed by atoms with van der Waals surface area (Å²) in [5, 5.41) is 0.236. The Hall–Kier alpha value is -2.09. The van der Waals surface area contributed by atoms with Gasteiger partial charge in [-0.25, -0.2) is 8.42 Å². The van der Waals surface area contributed by atoms with Crippen molar-refractivity contribution in [1.82, 2.24) is 4.90 Å². The molecule has 0 spiro atoms. The summed E-state index contributed by atoms with van der Waals surface area (Å²) in [6.07, 6.45) is 1.63. The van der Waals surface area contributed by atoms with Crippen molar-refractivity contribution >= 4 is 33.2 Å². The third-order valence-corrected chi connectivity index (χ3v) is 7.12. The van der Waals surface area contributed by atoms with Crippen molar-refractivity contribution in [3.8, 4) is 0 Å². The van der Waals surface area contributed by atoms with Crippen molar-refractivity contribution in [2.24, 2.45) is 0 Å². The van der Waals surface area contributed by atoms with E-state index in [4.69, 9.17) is 16.3 Å². The average molecular weight is 423 g/mol. The van der Waals surface area contributed by atoms with Gasteiger partial charge < -0.3 is 9.64 Å². The number of methoxy groups -OCH3 is 1. The fourth-order valence-electron chi connectivity index (χ4n) is 3.23. The summed E-state index contributed by atoms with van der Waals surface area (Å²) in [6, 6.07) is 13.0. The van der Waals surface area contributed by atoms with Crippen LogP contribution in [0.1, 0.15) is 23.2 Å². The molecule has 8 heteroatoms. The van der Waals surface area contributed by atoms with Gasteiger partial charge in [0.15, 0.2) is 0 Å². The van der Waals surface area contributed by atoms with Crippen LogP contribution in [0.25, 0.3) is 0 Å². The summed E-state index contributed by atoms with van der Waals surface area (Å²) in [5.74, 6) is -0.265. The van der Waals surface area contributed by atoms with Crippen LogP contribution in [-0.4, -0.2) is 52.6 Å². The molecule has 2 aromatic rings. The topological polar surface area (TPSA) is 66.9 Å². The molecule has 0 aliphatic carbocycles. The summed E-state index contributed by atoms with van der Waals surface area (Å²) >= 11 is 6.23.